The topological polar surface area (TPSA) is 32.3 Å². The molecule has 0 radical (unpaired) electrons. The van der Waals surface area contributed by atoms with Crippen LogP contribution in [0.25, 0.3) is 0 Å². The molecule has 0 aromatic heterocycles. The average Bonchev–Trinajstić information content (AvgIpc) is 2.62. The van der Waals surface area contributed by atoms with E-state index in [0.29, 0.717) is 12.2 Å². The van der Waals surface area contributed by atoms with Crippen molar-refractivity contribution in [3.63, 3.8) is 0 Å². The number of allylic oxidation sites excluding steroid dienone is 4. The fourth-order valence-corrected chi connectivity index (χ4v) is 3.76. The SMILES string of the molecule is CCCC/C=C(NCCCN(C)C)\C(C1=C(C)C(=O)CCC1)=C(/C)CCC. The van der Waals surface area contributed by atoms with Gasteiger partial charge < -0.3 is 10.2 Å². The average molecular weight is 375 g/mol. The Balaban J connectivity index is 3.21. The van der Waals surface area contributed by atoms with Crippen LogP contribution >= 0.6 is 0 Å². The van der Waals surface area contributed by atoms with Crippen LogP contribution in [-0.2, 0) is 4.79 Å². The van der Waals surface area contributed by atoms with E-state index < -0.39 is 0 Å². The lowest BCUT2D eigenvalue weighted by Crippen LogP contribution is -2.24. The third kappa shape index (κ3) is 8.04. The summed E-state index contributed by atoms with van der Waals surface area (Å²) in [4.78, 5) is 14.6. The first kappa shape index (κ1) is 23.7. The number of nitrogens with one attached hydrogen (secondary N) is 1. The van der Waals surface area contributed by atoms with Gasteiger partial charge in [-0.2, -0.15) is 0 Å². The van der Waals surface area contributed by atoms with Crippen LogP contribution in [0.2, 0.25) is 0 Å². The summed E-state index contributed by atoms with van der Waals surface area (Å²) in [5.74, 6) is 0.332. The van der Waals surface area contributed by atoms with Crippen LogP contribution in [0.4, 0.5) is 0 Å². The van der Waals surface area contributed by atoms with Gasteiger partial charge in [0.15, 0.2) is 5.78 Å². The third-order valence-corrected chi connectivity index (χ3v) is 5.33. The van der Waals surface area contributed by atoms with Crippen LogP contribution in [0.3, 0.4) is 0 Å². The van der Waals surface area contributed by atoms with Gasteiger partial charge in [0.2, 0.25) is 0 Å². The minimum Gasteiger partial charge on any atom is -0.385 e. The van der Waals surface area contributed by atoms with E-state index in [1.54, 1.807) is 0 Å². The van der Waals surface area contributed by atoms with Crippen LogP contribution in [0.5, 0.6) is 0 Å². The molecule has 0 atom stereocenters. The number of hydrogen-bond acceptors (Lipinski definition) is 3. The van der Waals surface area contributed by atoms with Crippen LogP contribution in [0.15, 0.2) is 34.1 Å². The summed E-state index contributed by atoms with van der Waals surface area (Å²) in [6.45, 7) is 10.8. The predicted octanol–water partition coefficient (Wildman–Crippen LogP) is 5.79. The second-order valence-electron chi connectivity index (χ2n) is 8.13. The molecule has 0 bridgehead atoms. The highest BCUT2D eigenvalue weighted by Gasteiger charge is 2.23. The van der Waals surface area contributed by atoms with E-state index in [9.17, 15) is 4.79 Å². The van der Waals surface area contributed by atoms with E-state index in [0.717, 1.165) is 57.2 Å². The molecule has 3 nitrogen and oxygen atoms in total. The Morgan fingerprint density at radius 3 is 2.52 bits per heavy atom. The van der Waals surface area contributed by atoms with Crippen LogP contribution in [-0.4, -0.2) is 37.9 Å². The summed E-state index contributed by atoms with van der Waals surface area (Å²) < 4.78 is 0. The Morgan fingerprint density at radius 2 is 1.89 bits per heavy atom. The first-order valence-corrected chi connectivity index (χ1v) is 10.9. The largest absolute Gasteiger partial charge is 0.385 e. The highest BCUT2D eigenvalue weighted by Crippen LogP contribution is 2.34. The Hall–Kier alpha value is -1.35. The van der Waals surface area contributed by atoms with Gasteiger partial charge in [-0.25, -0.2) is 0 Å². The third-order valence-electron chi connectivity index (χ3n) is 5.33. The van der Waals surface area contributed by atoms with Gasteiger partial charge in [-0.05, 0) is 89.7 Å². The van der Waals surface area contributed by atoms with E-state index in [1.165, 1.54) is 35.3 Å². The minimum atomic E-state index is 0.332. The zero-order valence-corrected chi connectivity index (χ0v) is 18.7. The van der Waals surface area contributed by atoms with Crippen molar-refractivity contribution in [1.29, 1.82) is 0 Å². The van der Waals surface area contributed by atoms with E-state index in [1.807, 2.05) is 6.92 Å². The van der Waals surface area contributed by atoms with Crippen molar-refractivity contribution in [2.45, 2.75) is 85.5 Å². The van der Waals surface area contributed by atoms with Crippen molar-refractivity contribution < 1.29 is 4.79 Å². The summed E-state index contributed by atoms with van der Waals surface area (Å²) in [5, 5.41) is 3.74. The van der Waals surface area contributed by atoms with Gasteiger partial charge in [-0.15, -0.1) is 0 Å². The molecule has 1 aliphatic carbocycles. The lowest BCUT2D eigenvalue weighted by atomic mass is 9.83. The first-order chi connectivity index (χ1) is 12.9. The number of ketones is 1. The predicted molar refractivity (Wildman–Crippen MR) is 118 cm³/mol. The number of carbonyl (C=O) groups excluding carboxylic acids is 1. The lowest BCUT2D eigenvalue weighted by molar-refractivity contribution is -0.116. The molecule has 0 amide bonds. The Kier molecular flexibility index (Phi) is 11.3. The Bertz CT molecular complexity index is 567. The van der Waals surface area contributed by atoms with E-state index in [2.05, 4.69) is 51.2 Å². The second kappa shape index (κ2) is 12.9. The standard InChI is InChI=1S/C24H42N2O/c1-7-9-10-15-22(25-17-12-18-26(5)6)24(19(3)13-8-2)21-14-11-16-23(27)20(21)4/h15,25H,7-14,16-18H2,1-6H3/b22-15+,24-19+. The van der Waals surface area contributed by atoms with Gasteiger partial charge in [-0.1, -0.05) is 38.3 Å². The van der Waals surface area contributed by atoms with Gasteiger partial charge in [0.05, 0.1) is 0 Å². The molecule has 0 spiro atoms. The highest BCUT2D eigenvalue weighted by molar-refractivity contribution is 5.97. The van der Waals surface area contributed by atoms with Crippen molar-refractivity contribution in [2.75, 3.05) is 27.2 Å². The Labute approximate surface area is 168 Å². The van der Waals surface area contributed by atoms with Crippen molar-refractivity contribution in [3.05, 3.63) is 34.1 Å². The second-order valence-corrected chi connectivity index (χ2v) is 8.13. The Morgan fingerprint density at radius 1 is 1.15 bits per heavy atom. The molecule has 0 aromatic rings. The maximum Gasteiger partial charge on any atom is 0.158 e. The number of nitrogens with zero attached hydrogens (tertiary/aromatic N) is 1. The van der Waals surface area contributed by atoms with Crippen LogP contribution in [0, 0.1) is 0 Å². The molecule has 3 heteroatoms. The van der Waals surface area contributed by atoms with Gasteiger partial charge >= 0.3 is 0 Å². The fraction of sp³-hybridized carbons (Fsp3) is 0.708. The highest BCUT2D eigenvalue weighted by atomic mass is 16.1. The maximum absolute atomic E-state index is 12.4. The van der Waals surface area contributed by atoms with Gasteiger partial charge in [0, 0.05) is 18.7 Å². The molecule has 27 heavy (non-hydrogen) atoms. The molecule has 0 aliphatic heterocycles. The van der Waals surface area contributed by atoms with Crippen LogP contribution < -0.4 is 5.32 Å². The van der Waals surface area contributed by atoms with Crippen LogP contribution in [0.1, 0.15) is 85.5 Å². The molecule has 1 rings (SSSR count). The molecule has 0 saturated carbocycles. The summed E-state index contributed by atoms with van der Waals surface area (Å²) in [6, 6.07) is 0. The van der Waals surface area contributed by atoms with Crippen molar-refractivity contribution in [3.8, 4) is 0 Å². The van der Waals surface area contributed by atoms with Crippen molar-refractivity contribution in [1.82, 2.24) is 10.2 Å². The summed E-state index contributed by atoms with van der Waals surface area (Å²) in [6.07, 6.45) is 12.0. The number of rotatable bonds is 12. The zero-order chi connectivity index (χ0) is 20.2. The number of unbranched alkanes of at least 4 members (excludes halogenated alkanes) is 2. The minimum absolute atomic E-state index is 0.332. The zero-order valence-electron chi connectivity index (χ0n) is 18.7. The molecule has 0 aromatic carbocycles. The first-order valence-electron chi connectivity index (χ1n) is 10.9. The quantitative estimate of drug-likeness (QED) is 0.347. The van der Waals surface area contributed by atoms with E-state index in [-0.39, 0.29) is 0 Å². The van der Waals surface area contributed by atoms with Gasteiger partial charge in [0.1, 0.15) is 0 Å². The van der Waals surface area contributed by atoms with Gasteiger partial charge in [0.25, 0.3) is 0 Å². The van der Waals surface area contributed by atoms with E-state index >= 15 is 0 Å². The molecule has 1 aliphatic rings. The molecular weight excluding hydrogens is 332 g/mol. The lowest BCUT2D eigenvalue weighted by Gasteiger charge is -2.25. The molecule has 0 unspecified atom stereocenters. The molecule has 0 fully saturated rings. The van der Waals surface area contributed by atoms with Gasteiger partial charge in [-0.3, -0.25) is 4.79 Å². The smallest absolute Gasteiger partial charge is 0.158 e. The monoisotopic (exact) mass is 374 g/mol. The molecule has 0 saturated heterocycles. The van der Waals surface area contributed by atoms with Crippen molar-refractivity contribution in [2.24, 2.45) is 0 Å². The fourth-order valence-electron chi connectivity index (χ4n) is 3.76. The molecule has 1 N–H and O–H groups in total. The van der Waals surface area contributed by atoms with E-state index in [4.69, 9.17) is 0 Å². The number of Topliss-reactive ketones (excluding diaryl/α,β-unsaturated/α-hetero) is 1. The molecular formula is C24H42N2O. The number of carbonyl (C=O) groups is 1. The normalized spacial score (nSPS) is 16.9. The summed E-state index contributed by atoms with van der Waals surface area (Å²) >= 11 is 0. The maximum atomic E-state index is 12.4. The van der Waals surface area contributed by atoms with Crippen molar-refractivity contribution >= 4 is 5.78 Å². The number of hydrogen-bond donors (Lipinski definition) is 1. The molecule has 154 valence electrons. The molecule has 0 heterocycles. The summed E-state index contributed by atoms with van der Waals surface area (Å²) in [5.41, 5.74) is 6.30. The summed E-state index contributed by atoms with van der Waals surface area (Å²) in [7, 11) is 4.24.